The Balaban J connectivity index is 1.74. The minimum atomic E-state index is -0.214. The summed E-state index contributed by atoms with van der Waals surface area (Å²) in [6.07, 6.45) is 4.17. The van der Waals surface area contributed by atoms with Gasteiger partial charge in [0.2, 0.25) is 0 Å². The van der Waals surface area contributed by atoms with Gasteiger partial charge in [0.1, 0.15) is 18.2 Å². The Labute approximate surface area is 234 Å². The molecule has 1 heterocycles. The molecule has 1 aromatic heterocycles. The van der Waals surface area contributed by atoms with Crippen LogP contribution in [0.2, 0.25) is 10.0 Å². The van der Waals surface area contributed by atoms with Crippen molar-refractivity contribution >= 4 is 61.9 Å². The highest BCUT2D eigenvalue weighted by molar-refractivity contribution is 9.10. The van der Waals surface area contributed by atoms with E-state index < -0.39 is 0 Å². The third-order valence-corrected chi connectivity index (χ3v) is 6.93. The zero-order valence-corrected chi connectivity index (χ0v) is 23.9. The summed E-state index contributed by atoms with van der Waals surface area (Å²) in [4.78, 5) is 20.1. The van der Waals surface area contributed by atoms with Crippen LogP contribution in [0.1, 0.15) is 36.7 Å². The lowest BCUT2D eigenvalue weighted by atomic mass is 10.2. The lowest BCUT2D eigenvalue weighted by molar-refractivity contribution is 0.306. The van der Waals surface area contributed by atoms with E-state index in [4.69, 9.17) is 32.9 Å². The minimum Gasteiger partial charge on any atom is -0.488 e. The molecule has 37 heavy (non-hydrogen) atoms. The Morgan fingerprint density at radius 3 is 2.65 bits per heavy atom. The zero-order chi connectivity index (χ0) is 26.5. The van der Waals surface area contributed by atoms with Gasteiger partial charge in [0.15, 0.2) is 0 Å². The maximum absolute atomic E-state index is 13.4. The number of anilines is 1. The number of nitrogens with zero attached hydrogens (tertiary/aromatic N) is 4. The summed E-state index contributed by atoms with van der Waals surface area (Å²) in [5.74, 6) is 1.24. The van der Waals surface area contributed by atoms with Gasteiger partial charge in [-0.2, -0.15) is 9.78 Å². The molecule has 0 bridgehead atoms. The third-order valence-electron chi connectivity index (χ3n) is 5.85. The van der Waals surface area contributed by atoms with Gasteiger partial charge in [-0.15, -0.1) is 0 Å². The fraction of sp³-hybridized carbons (Fsp3) is 0.250. The fourth-order valence-corrected chi connectivity index (χ4v) is 4.58. The predicted octanol–water partition coefficient (Wildman–Crippen LogP) is 7.34. The lowest BCUT2D eigenvalue weighted by Crippen LogP contribution is -2.22. The van der Waals surface area contributed by atoms with Gasteiger partial charge in [0.05, 0.1) is 17.1 Å². The van der Waals surface area contributed by atoms with Crippen molar-refractivity contribution < 1.29 is 4.74 Å². The molecule has 0 radical (unpaired) electrons. The maximum atomic E-state index is 13.4. The number of ether oxygens (including phenoxy) is 1. The number of unbranched alkanes of at least 4 members (excludes halogenated alkanes) is 1. The summed E-state index contributed by atoms with van der Waals surface area (Å²) in [6, 6.07) is 16.6. The van der Waals surface area contributed by atoms with Crippen LogP contribution in [0.4, 0.5) is 5.69 Å². The number of rotatable bonds is 9. The molecule has 0 aliphatic carbocycles. The highest BCUT2D eigenvalue weighted by atomic mass is 79.9. The Hall–Kier alpha value is -2.87. The van der Waals surface area contributed by atoms with Crippen molar-refractivity contribution in [2.24, 2.45) is 5.10 Å². The first kappa shape index (κ1) is 27.2. The molecule has 0 N–H and O–H groups in total. The molecule has 6 nitrogen and oxygen atoms in total. The monoisotopic (exact) mass is 600 g/mol. The van der Waals surface area contributed by atoms with Gasteiger partial charge in [0, 0.05) is 57.9 Å². The van der Waals surface area contributed by atoms with Crippen LogP contribution in [0.5, 0.6) is 5.75 Å². The minimum absolute atomic E-state index is 0.214. The number of fused-ring (bicyclic) bond motifs is 1. The molecular formula is C28H27BrCl2N4O2. The highest BCUT2D eigenvalue weighted by Crippen LogP contribution is 2.27. The van der Waals surface area contributed by atoms with Crippen LogP contribution in [0.25, 0.3) is 10.9 Å². The van der Waals surface area contributed by atoms with E-state index in [0.29, 0.717) is 38.9 Å². The maximum Gasteiger partial charge on any atom is 0.282 e. The van der Waals surface area contributed by atoms with Crippen molar-refractivity contribution in [3.8, 4) is 5.75 Å². The SMILES string of the molecule is CCCCc1nc2ccc(Br)cc2c(=O)n1N=Cc1ccc(N(C)C)cc1OCc1ccc(Cl)cc1Cl. The van der Waals surface area contributed by atoms with Crippen molar-refractivity contribution in [1.29, 1.82) is 0 Å². The summed E-state index contributed by atoms with van der Waals surface area (Å²) in [5, 5.41) is 6.20. The summed E-state index contributed by atoms with van der Waals surface area (Å²) < 4.78 is 8.38. The number of hydrogen-bond acceptors (Lipinski definition) is 5. The Morgan fingerprint density at radius 2 is 1.92 bits per heavy atom. The van der Waals surface area contributed by atoms with Gasteiger partial charge in [-0.05, 0) is 48.9 Å². The van der Waals surface area contributed by atoms with E-state index in [1.807, 2.05) is 55.4 Å². The first-order chi connectivity index (χ1) is 17.8. The van der Waals surface area contributed by atoms with E-state index in [1.165, 1.54) is 4.68 Å². The second kappa shape index (κ2) is 12.1. The average molecular weight is 602 g/mol. The molecule has 0 amide bonds. The van der Waals surface area contributed by atoms with E-state index in [0.717, 1.165) is 34.1 Å². The molecule has 0 fully saturated rings. The lowest BCUT2D eigenvalue weighted by Gasteiger charge is -2.16. The van der Waals surface area contributed by atoms with Crippen LogP contribution in [-0.2, 0) is 13.0 Å². The van der Waals surface area contributed by atoms with Gasteiger partial charge < -0.3 is 9.64 Å². The number of halogens is 3. The van der Waals surface area contributed by atoms with Crippen LogP contribution in [0.15, 0.2) is 69.0 Å². The molecule has 0 saturated carbocycles. The molecule has 9 heteroatoms. The zero-order valence-electron chi connectivity index (χ0n) is 20.8. The van der Waals surface area contributed by atoms with Crippen molar-refractivity contribution in [3.63, 3.8) is 0 Å². The van der Waals surface area contributed by atoms with Gasteiger partial charge in [-0.1, -0.05) is 58.5 Å². The summed E-state index contributed by atoms with van der Waals surface area (Å²) in [6.45, 7) is 2.35. The predicted molar refractivity (Wildman–Crippen MR) is 157 cm³/mol. The Kier molecular flexibility index (Phi) is 8.90. The summed E-state index contributed by atoms with van der Waals surface area (Å²) >= 11 is 15.8. The van der Waals surface area contributed by atoms with Gasteiger partial charge >= 0.3 is 0 Å². The van der Waals surface area contributed by atoms with Crippen LogP contribution >= 0.6 is 39.1 Å². The number of aryl methyl sites for hydroxylation is 1. The first-order valence-corrected chi connectivity index (χ1v) is 13.5. The summed E-state index contributed by atoms with van der Waals surface area (Å²) in [7, 11) is 3.92. The number of aromatic nitrogens is 2. The molecule has 0 aliphatic rings. The molecular weight excluding hydrogens is 575 g/mol. The van der Waals surface area contributed by atoms with Crippen molar-refractivity contribution in [3.05, 3.63) is 96.4 Å². The molecule has 192 valence electrons. The Morgan fingerprint density at radius 1 is 1.11 bits per heavy atom. The van der Waals surface area contributed by atoms with E-state index in [1.54, 1.807) is 24.4 Å². The third kappa shape index (κ3) is 6.53. The molecule has 4 aromatic rings. The van der Waals surface area contributed by atoms with E-state index in [-0.39, 0.29) is 12.2 Å². The Bertz CT molecular complexity index is 1520. The van der Waals surface area contributed by atoms with Crippen molar-refractivity contribution in [1.82, 2.24) is 9.66 Å². The molecule has 0 unspecified atom stereocenters. The number of benzene rings is 3. The number of hydrogen-bond donors (Lipinski definition) is 0. The largest absolute Gasteiger partial charge is 0.488 e. The van der Waals surface area contributed by atoms with Gasteiger partial charge in [-0.25, -0.2) is 4.98 Å². The molecule has 4 rings (SSSR count). The van der Waals surface area contributed by atoms with Crippen LogP contribution in [0, 0.1) is 0 Å². The molecule has 0 aliphatic heterocycles. The quantitative estimate of drug-likeness (QED) is 0.188. The summed E-state index contributed by atoms with van der Waals surface area (Å²) in [5.41, 5.74) is 2.94. The van der Waals surface area contributed by atoms with Crippen LogP contribution in [-0.4, -0.2) is 30.0 Å². The first-order valence-electron chi connectivity index (χ1n) is 11.9. The van der Waals surface area contributed by atoms with E-state index in [2.05, 4.69) is 28.0 Å². The topological polar surface area (TPSA) is 59.7 Å². The molecule has 3 aromatic carbocycles. The molecule has 0 atom stereocenters. The van der Waals surface area contributed by atoms with E-state index in [9.17, 15) is 4.79 Å². The van der Waals surface area contributed by atoms with Crippen LogP contribution < -0.4 is 15.2 Å². The van der Waals surface area contributed by atoms with Crippen molar-refractivity contribution in [2.45, 2.75) is 32.8 Å². The molecule has 0 spiro atoms. The highest BCUT2D eigenvalue weighted by Gasteiger charge is 2.12. The smallest absolute Gasteiger partial charge is 0.282 e. The average Bonchev–Trinajstić information content (AvgIpc) is 2.87. The molecule has 0 saturated heterocycles. The van der Waals surface area contributed by atoms with E-state index >= 15 is 0 Å². The fourth-order valence-electron chi connectivity index (χ4n) is 3.76. The van der Waals surface area contributed by atoms with Crippen molar-refractivity contribution in [2.75, 3.05) is 19.0 Å². The second-order valence-electron chi connectivity index (χ2n) is 8.80. The normalized spacial score (nSPS) is 11.4. The van der Waals surface area contributed by atoms with Crippen LogP contribution in [0.3, 0.4) is 0 Å². The van der Waals surface area contributed by atoms with Gasteiger partial charge in [-0.3, -0.25) is 4.79 Å². The standard InChI is InChI=1S/C28H27BrCl2N4O2/c1-4-5-6-27-33-25-12-9-20(29)13-23(25)28(36)35(27)32-16-18-8-11-22(34(2)3)15-26(18)37-17-19-7-10-21(30)14-24(19)31/h7-16H,4-6,17H2,1-3H3. The second-order valence-corrected chi connectivity index (χ2v) is 10.6. The van der Waals surface area contributed by atoms with Gasteiger partial charge in [0.25, 0.3) is 5.56 Å².